The zero-order valence-corrected chi connectivity index (χ0v) is 16.9. The van der Waals surface area contributed by atoms with Crippen molar-refractivity contribution in [3.05, 3.63) is 53.6 Å². The summed E-state index contributed by atoms with van der Waals surface area (Å²) in [5.74, 6) is 0.124. The van der Waals surface area contributed by atoms with Crippen molar-refractivity contribution < 1.29 is 24.2 Å². The van der Waals surface area contributed by atoms with E-state index in [0.29, 0.717) is 25.3 Å². The number of hydrogen-bond donors (Lipinski definition) is 1. The summed E-state index contributed by atoms with van der Waals surface area (Å²) in [6, 6.07) is 12.6. The van der Waals surface area contributed by atoms with Gasteiger partial charge in [-0.15, -0.1) is 0 Å². The van der Waals surface area contributed by atoms with Gasteiger partial charge in [0.1, 0.15) is 17.1 Å². The van der Waals surface area contributed by atoms with Gasteiger partial charge in [-0.3, -0.25) is 4.79 Å². The molecule has 0 aliphatic carbocycles. The van der Waals surface area contributed by atoms with Crippen LogP contribution in [0.5, 0.6) is 11.5 Å². The molecule has 1 atom stereocenters. The summed E-state index contributed by atoms with van der Waals surface area (Å²) in [6.45, 7) is 3.41. The van der Waals surface area contributed by atoms with Gasteiger partial charge in [-0.05, 0) is 48.4 Å². The maximum absolute atomic E-state index is 12.6. The zero-order chi connectivity index (χ0) is 20.8. The van der Waals surface area contributed by atoms with E-state index in [2.05, 4.69) is 6.92 Å². The number of rotatable bonds is 9. The molecule has 3 rings (SSSR count). The highest BCUT2D eigenvalue weighted by Gasteiger charge is 2.32. The predicted molar refractivity (Wildman–Crippen MR) is 111 cm³/mol. The van der Waals surface area contributed by atoms with Crippen LogP contribution in [0.25, 0.3) is 0 Å². The summed E-state index contributed by atoms with van der Waals surface area (Å²) in [6.07, 6.45) is 3.73. The Morgan fingerprint density at radius 1 is 1.17 bits per heavy atom. The highest BCUT2D eigenvalue weighted by Crippen LogP contribution is 2.34. The Bertz CT molecular complexity index is 862. The molecule has 1 fully saturated rings. The minimum Gasteiger partial charge on any atom is -0.496 e. The molecule has 1 heterocycles. The van der Waals surface area contributed by atoms with E-state index in [1.165, 1.54) is 13.2 Å². The molecular formula is C23H27NO5. The maximum Gasteiger partial charge on any atom is 0.339 e. The first-order valence-corrected chi connectivity index (χ1v) is 9.98. The SMILES string of the molecule is CCCCCOc1ccc(N2CC(c3ccc(C(=O)O)c(OC)c3)CC2=O)cc1. The van der Waals surface area contributed by atoms with E-state index < -0.39 is 5.97 Å². The molecule has 0 bridgehead atoms. The topological polar surface area (TPSA) is 76.1 Å². The second kappa shape index (κ2) is 9.45. The number of nitrogens with zero attached hydrogens (tertiary/aromatic N) is 1. The van der Waals surface area contributed by atoms with Crippen LogP contribution >= 0.6 is 0 Å². The number of hydrogen-bond acceptors (Lipinski definition) is 4. The van der Waals surface area contributed by atoms with Crippen molar-refractivity contribution in [1.82, 2.24) is 0 Å². The number of benzene rings is 2. The molecule has 154 valence electrons. The number of aromatic carboxylic acids is 1. The van der Waals surface area contributed by atoms with Gasteiger partial charge in [0.2, 0.25) is 5.91 Å². The molecule has 1 aliphatic rings. The van der Waals surface area contributed by atoms with Crippen molar-refractivity contribution in [2.45, 2.75) is 38.5 Å². The molecule has 1 unspecified atom stereocenters. The monoisotopic (exact) mass is 397 g/mol. The molecule has 0 radical (unpaired) electrons. The van der Waals surface area contributed by atoms with Gasteiger partial charge in [0, 0.05) is 24.6 Å². The van der Waals surface area contributed by atoms with Crippen LogP contribution in [0.4, 0.5) is 5.69 Å². The standard InChI is InChI=1S/C23H27NO5/c1-3-4-5-12-29-19-9-7-18(8-10-19)24-15-17(14-22(24)25)16-6-11-20(23(26)27)21(13-16)28-2/h6-11,13,17H,3-5,12,14-15H2,1-2H3,(H,26,27). The number of methoxy groups -OCH3 is 1. The Hall–Kier alpha value is -3.02. The smallest absolute Gasteiger partial charge is 0.339 e. The predicted octanol–water partition coefficient (Wildman–Crippen LogP) is 4.48. The third kappa shape index (κ3) is 4.88. The van der Waals surface area contributed by atoms with Crippen LogP contribution < -0.4 is 14.4 Å². The van der Waals surface area contributed by atoms with E-state index >= 15 is 0 Å². The minimum atomic E-state index is -1.03. The molecule has 6 heteroatoms. The Morgan fingerprint density at radius 2 is 1.93 bits per heavy atom. The number of amides is 1. The summed E-state index contributed by atoms with van der Waals surface area (Å²) >= 11 is 0. The largest absolute Gasteiger partial charge is 0.496 e. The Labute approximate surface area is 171 Å². The first-order chi connectivity index (χ1) is 14.0. The van der Waals surface area contributed by atoms with Crippen LogP contribution in [0.15, 0.2) is 42.5 Å². The summed E-state index contributed by atoms with van der Waals surface area (Å²) < 4.78 is 10.9. The van der Waals surface area contributed by atoms with Gasteiger partial charge in [-0.1, -0.05) is 25.8 Å². The van der Waals surface area contributed by atoms with Crippen LogP contribution in [0.1, 0.15) is 54.4 Å². The van der Waals surface area contributed by atoms with Crippen LogP contribution in [-0.2, 0) is 4.79 Å². The Balaban J connectivity index is 1.68. The van der Waals surface area contributed by atoms with Crippen LogP contribution in [0.2, 0.25) is 0 Å². The van der Waals surface area contributed by atoms with Crippen LogP contribution in [0.3, 0.4) is 0 Å². The van der Waals surface area contributed by atoms with Crippen molar-refractivity contribution in [2.75, 3.05) is 25.2 Å². The van der Waals surface area contributed by atoms with E-state index in [9.17, 15) is 14.7 Å². The maximum atomic E-state index is 12.6. The van der Waals surface area contributed by atoms with Crippen LogP contribution in [-0.4, -0.2) is 37.2 Å². The van der Waals surface area contributed by atoms with Gasteiger partial charge < -0.3 is 19.5 Å². The average molecular weight is 397 g/mol. The lowest BCUT2D eigenvalue weighted by Crippen LogP contribution is -2.24. The third-order valence-electron chi connectivity index (χ3n) is 5.22. The lowest BCUT2D eigenvalue weighted by Gasteiger charge is -2.18. The van der Waals surface area contributed by atoms with E-state index in [0.717, 1.165) is 36.3 Å². The van der Waals surface area contributed by atoms with E-state index in [1.54, 1.807) is 17.0 Å². The molecule has 0 aromatic heterocycles. The van der Waals surface area contributed by atoms with E-state index in [4.69, 9.17) is 9.47 Å². The third-order valence-corrected chi connectivity index (χ3v) is 5.22. The van der Waals surface area contributed by atoms with Crippen molar-refractivity contribution in [3.63, 3.8) is 0 Å². The second-order valence-corrected chi connectivity index (χ2v) is 7.22. The number of carboxylic acid groups (broad SMARTS) is 1. The van der Waals surface area contributed by atoms with Crippen molar-refractivity contribution in [2.24, 2.45) is 0 Å². The number of carbonyl (C=O) groups excluding carboxylic acids is 1. The lowest BCUT2D eigenvalue weighted by molar-refractivity contribution is -0.117. The Kier molecular flexibility index (Phi) is 6.75. The van der Waals surface area contributed by atoms with Crippen molar-refractivity contribution in [1.29, 1.82) is 0 Å². The number of carboxylic acids is 1. The fourth-order valence-electron chi connectivity index (χ4n) is 3.58. The molecule has 29 heavy (non-hydrogen) atoms. The average Bonchev–Trinajstić information content (AvgIpc) is 3.12. The first kappa shape index (κ1) is 20.7. The first-order valence-electron chi connectivity index (χ1n) is 9.98. The summed E-state index contributed by atoms with van der Waals surface area (Å²) in [4.78, 5) is 25.6. The molecule has 0 spiro atoms. The normalized spacial score (nSPS) is 16.1. The highest BCUT2D eigenvalue weighted by molar-refractivity contribution is 5.96. The molecule has 1 N–H and O–H groups in total. The molecular weight excluding hydrogens is 370 g/mol. The van der Waals surface area contributed by atoms with Gasteiger partial charge in [0.05, 0.1) is 13.7 Å². The van der Waals surface area contributed by atoms with E-state index in [-0.39, 0.29) is 17.4 Å². The quantitative estimate of drug-likeness (QED) is 0.631. The summed E-state index contributed by atoms with van der Waals surface area (Å²) in [5.41, 5.74) is 1.86. The fraction of sp³-hybridized carbons (Fsp3) is 0.391. The number of carbonyl (C=O) groups is 2. The molecule has 1 saturated heterocycles. The minimum absolute atomic E-state index is 0.00999. The molecule has 2 aromatic rings. The number of unbranched alkanes of at least 4 members (excludes halogenated alkanes) is 2. The number of ether oxygens (including phenoxy) is 2. The number of anilines is 1. The van der Waals surface area contributed by atoms with Gasteiger partial charge >= 0.3 is 5.97 Å². The van der Waals surface area contributed by atoms with Gasteiger partial charge in [0.15, 0.2) is 0 Å². The Morgan fingerprint density at radius 3 is 2.59 bits per heavy atom. The summed E-state index contributed by atoms with van der Waals surface area (Å²) in [5, 5.41) is 9.24. The molecule has 2 aromatic carbocycles. The molecule has 6 nitrogen and oxygen atoms in total. The summed E-state index contributed by atoms with van der Waals surface area (Å²) in [7, 11) is 1.45. The van der Waals surface area contributed by atoms with Crippen molar-refractivity contribution in [3.8, 4) is 11.5 Å². The lowest BCUT2D eigenvalue weighted by atomic mass is 9.96. The van der Waals surface area contributed by atoms with Gasteiger partial charge in [-0.25, -0.2) is 4.79 Å². The van der Waals surface area contributed by atoms with Crippen molar-refractivity contribution >= 4 is 17.6 Å². The van der Waals surface area contributed by atoms with Gasteiger partial charge in [0.25, 0.3) is 0 Å². The molecule has 1 amide bonds. The second-order valence-electron chi connectivity index (χ2n) is 7.22. The molecule has 1 aliphatic heterocycles. The fourth-order valence-corrected chi connectivity index (χ4v) is 3.58. The van der Waals surface area contributed by atoms with E-state index in [1.807, 2.05) is 24.3 Å². The highest BCUT2D eigenvalue weighted by atomic mass is 16.5. The zero-order valence-electron chi connectivity index (χ0n) is 16.9. The molecule has 0 saturated carbocycles. The van der Waals surface area contributed by atoms with Gasteiger partial charge in [-0.2, -0.15) is 0 Å². The van der Waals surface area contributed by atoms with Crippen LogP contribution in [0, 0.1) is 0 Å².